The van der Waals surface area contributed by atoms with Crippen molar-refractivity contribution in [2.45, 2.75) is 39.5 Å². The molecule has 2 aromatic carbocycles. The Hall–Kier alpha value is -3.49. The Labute approximate surface area is 212 Å². The van der Waals surface area contributed by atoms with Gasteiger partial charge in [0.25, 0.3) is 5.91 Å². The van der Waals surface area contributed by atoms with Gasteiger partial charge < -0.3 is 15.2 Å². The van der Waals surface area contributed by atoms with E-state index in [1.807, 2.05) is 39.8 Å². The summed E-state index contributed by atoms with van der Waals surface area (Å²) < 4.78 is 5.30. The summed E-state index contributed by atoms with van der Waals surface area (Å²) in [5.41, 5.74) is 2.81. The summed E-state index contributed by atoms with van der Waals surface area (Å²) in [5, 5.41) is 11.0. The van der Waals surface area contributed by atoms with Gasteiger partial charge in [-0.2, -0.15) is 0 Å². The van der Waals surface area contributed by atoms with Crippen LogP contribution in [0.5, 0.6) is 0 Å². The van der Waals surface area contributed by atoms with E-state index in [0.717, 1.165) is 16.1 Å². The van der Waals surface area contributed by atoms with E-state index >= 15 is 0 Å². The van der Waals surface area contributed by atoms with Gasteiger partial charge in [0.15, 0.2) is 5.82 Å². The van der Waals surface area contributed by atoms with E-state index in [4.69, 9.17) is 16.1 Å². The highest BCUT2D eigenvalue weighted by Gasteiger charge is 2.20. The smallest absolute Gasteiger partial charge is 0.267 e. The summed E-state index contributed by atoms with van der Waals surface area (Å²) in [7, 11) is 0. The van der Waals surface area contributed by atoms with E-state index in [2.05, 4.69) is 20.8 Å². The summed E-state index contributed by atoms with van der Waals surface area (Å²) in [5.74, 6) is 0.656. The highest BCUT2D eigenvalue weighted by Crippen LogP contribution is 2.29. The van der Waals surface area contributed by atoms with Gasteiger partial charge in [-0.05, 0) is 36.8 Å². The molecule has 0 fully saturated rings. The average molecular weight is 509 g/mol. The van der Waals surface area contributed by atoms with Crippen LogP contribution in [0.1, 0.15) is 47.5 Å². The van der Waals surface area contributed by atoms with Crippen LogP contribution in [0.25, 0.3) is 10.6 Å². The summed E-state index contributed by atoms with van der Waals surface area (Å²) in [6.45, 7) is 7.84. The Morgan fingerprint density at radius 1 is 1.03 bits per heavy atom. The average Bonchev–Trinajstić information content (AvgIpc) is 3.42. The first-order valence-corrected chi connectivity index (χ1v) is 12.2. The number of aromatic nitrogens is 2. The van der Waals surface area contributed by atoms with Crippen molar-refractivity contribution in [3.8, 4) is 10.6 Å². The maximum atomic E-state index is 12.8. The van der Waals surface area contributed by atoms with Crippen molar-refractivity contribution in [3.63, 3.8) is 0 Å². The molecule has 0 spiro atoms. The monoisotopic (exact) mass is 508 g/mol. The lowest BCUT2D eigenvalue weighted by Crippen LogP contribution is -2.15. The summed E-state index contributed by atoms with van der Waals surface area (Å²) in [4.78, 5) is 30.3. The number of thiazole rings is 1. The lowest BCUT2D eigenvalue weighted by atomic mass is 9.93. The fourth-order valence-corrected chi connectivity index (χ4v) is 4.37. The number of rotatable bonds is 6. The minimum absolute atomic E-state index is 0.171. The highest BCUT2D eigenvalue weighted by molar-refractivity contribution is 7.17. The molecule has 180 valence electrons. The van der Waals surface area contributed by atoms with Gasteiger partial charge in [0.1, 0.15) is 15.6 Å². The molecule has 4 aromatic rings. The SMILES string of the molecule is Cc1nc(-c2ccc(Cl)cc2)sc1C(=O)Nc1ccc(CC(=O)Nc2cc(C(C)(C)C)on2)cc1. The molecule has 2 amide bonds. The lowest BCUT2D eigenvalue weighted by molar-refractivity contribution is -0.115. The number of hydrogen-bond donors (Lipinski definition) is 2. The molecule has 9 heteroatoms. The van der Waals surface area contributed by atoms with Gasteiger partial charge in [0.2, 0.25) is 5.91 Å². The van der Waals surface area contributed by atoms with Crippen LogP contribution < -0.4 is 10.6 Å². The zero-order valence-electron chi connectivity index (χ0n) is 19.8. The zero-order valence-corrected chi connectivity index (χ0v) is 21.4. The third kappa shape index (κ3) is 6.15. The molecule has 2 heterocycles. The zero-order chi connectivity index (χ0) is 25.2. The minimum Gasteiger partial charge on any atom is -0.359 e. The molecule has 0 aliphatic rings. The van der Waals surface area contributed by atoms with Gasteiger partial charge >= 0.3 is 0 Å². The van der Waals surface area contributed by atoms with Gasteiger partial charge in [-0.1, -0.05) is 61.8 Å². The number of nitrogens with zero attached hydrogens (tertiary/aromatic N) is 2. The Morgan fingerprint density at radius 2 is 1.71 bits per heavy atom. The molecule has 0 aliphatic carbocycles. The van der Waals surface area contributed by atoms with Crippen molar-refractivity contribution >= 4 is 46.3 Å². The molecule has 4 rings (SSSR count). The highest BCUT2D eigenvalue weighted by atomic mass is 35.5. The second-order valence-electron chi connectivity index (χ2n) is 9.14. The topological polar surface area (TPSA) is 97.1 Å². The molecule has 0 saturated heterocycles. The van der Waals surface area contributed by atoms with Crippen LogP contribution >= 0.6 is 22.9 Å². The lowest BCUT2D eigenvalue weighted by Gasteiger charge is -2.12. The van der Waals surface area contributed by atoms with E-state index < -0.39 is 0 Å². The molecule has 0 bridgehead atoms. The predicted octanol–water partition coefficient (Wildman–Crippen LogP) is 6.49. The quantitative estimate of drug-likeness (QED) is 0.310. The number of amides is 2. The molecule has 0 unspecified atom stereocenters. The molecular formula is C26H25ClN4O3S. The van der Waals surface area contributed by atoms with Crippen LogP contribution in [0.4, 0.5) is 11.5 Å². The molecule has 7 nitrogen and oxygen atoms in total. The molecule has 35 heavy (non-hydrogen) atoms. The van der Waals surface area contributed by atoms with Crippen molar-refractivity contribution < 1.29 is 14.1 Å². The molecule has 2 N–H and O–H groups in total. The van der Waals surface area contributed by atoms with Crippen LogP contribution in [0.2, 0.25) is 5.02 Å². The van der Waals surface area contributed by atoms with Crippen LogP contribution in [0, 0.1) is 6.92 Å². The van der Waals surface area contributed by atoms with Gasteiger partial charge in [0.05, 0.1) is 12.1 Å². The Balaban J connectivity index is 1.36. The summed E-state index contributed by atoms with van der Waals surface area (Å²) in [6, 6.07) is 16.2. The van der Waals surface area contributed by atoms with Crippen molar-refractivity contribution in [1.82, 2.24) is 10.1 Å². The third-order valence-electron chi connectivity index (χ3n) is 5.19. The fraction of sp³-hybridized carbons (Fsp3) is 0.231. The van der Waals surface area contributed by atoms with Crippen molar-refractivity contribution in [2.24, 2.45) is 0 Å². The van der Waals surface area contributed by atoms with Crippen molar-refractivity contribution in [3.05, 3.63) is 81.5 Å². The molecular weight excluding hydrogens is 484 g/mol. The minimum atomic E-state index is -0.230. The second kappa shape index (κ2) is 10.0. The number of hydrogen-bond acceptors (Lipinski definition) is 6. The van der Waals surface area contributed by atoms with Crippen molar-refractivity contribution in [2.75, 3.05) is 10.6 Å². The first kappa shape index (κ1) is 24.6. The van der Waals surface area contributed by atoms with E-state index in [1.165, 1.54) is 11.3 Å². The van der Waals surface area contributed by atoms with E-state index in [9.17, 15) is 9.59 Å². The van der Waals surface area contributed by atoms with Gasteiger partial charge in [-0.15, -0.1) is 11.3 Å². The number of aryl methyl sites for hydroxylation is 1. The third-order valence-corrected chi connectivity index (χ3v) is 6.64. The fourth-order valence-electron chi connectivity index (χ4n) is 3.28. The van der Waals surface area contributed by atoms with Gasteiger partial charge in [-0.3, -0.25) is 9.59 Å². The van der Waals surface area contributed by atoms with E-state index in [1.54, 1.807) is 42.5 Å². The second-order valence-corrected chi connectivity index (χ2v) is 10.6. The number of anilines is 2. The number of benzene rings is 2. The van der Waals surface area contributed by atoms with E-state index in [-0.39, 0.29) is 23.7 Å². The maximum absolute atomic E-state index is 12.8. The molecule has 0 saturated carbocycles. The van der Waals surface area contributed by atoms with Crippen LogP contribution in [-0.2, 0) is 16.6 Å². The summed E-state index contributed by atoms with van der Waals surface area (Å²) in [6.07, 6.45) is 0.171. The molecule has 0 radical (unpaired) electrons. The molecule has 0 atom stereocenters. The number of halogens is 1. The first-order chi connectivity index (χ1) is 16.6. The largest absolute Gasteiger partial charge is 0.359 e. The van der Waals surface area contributed by atoms with Crippen LogP contribution in [0.15, 0.2) is 59.1 Å². The maximum Gasteiger partial charge on any atom is 0.267 e. The van der Waals surface area contributed by atoms with Crippen LogP contribution in [0.3, 0.4) is 0 Å². The molecule has 0 aliphatic heterocycles. The van der Waals surface area contributed by atoms with Gasteiger partial charge in [-0.25, -0.2) is 4.98 Å². The number of carbonyl (C=O) groups is 2. The predicted molar refractivity (Wildman–Crippen MR) is 139 cm³/mol. The van der Waals surface area contributed by atoms with E-state index in [0.29, 0.717) is 32.9 Å². The Morgan fingerprint density at radius 3 is 2.34 bits per heavy atom. The first-order valence-electron chi connectivity index (χ1n) is 11.0. The normalized spacial score (nSPS) is 11.3. The Bertz CT molecular complexity index is 1350. The molecule has 2 aromatic heterocycles. The standard InChI is InChI=1S/C26H25ClN4O3S/c1-15-23(35-25(28-15)17-7-9-18(27)10-8-17)24(33)29-19-11-5-16(6-12-19)13-22(32)30-21-14-20(34-31-21)26(2,3)4/h5-12,14H,13H2,1-4H3,(H,29,33)(H,30,31,32). The summed E-state index contributed by atoms with van der Waals surface area (Å²) >= 11 is 7.29. The number of carbonyl (C=O) groups excluding carboxylic acids is 2. The Kier molecular flexibility index (Phi) is 7.05. The van der Waals surface area contributed by atoms with Crippen molar-refractivity contribution in [1.29, 1.82) is 0 Å². The van der Waals surface area contributed by atoms with Gasteiger partial charge in [0, 0.05) is 27.8 Å². The van der Waals surface area contributed by atoms with Crippen LogP contribution in [-0.4, -0.2) is 22.0 Å². The number of nitrogens with one attached hydrogen (secondary N) is 2.